The molecular formula is C14H16F3N3O2. The standard InChI is InChI=1S/C14H16F3N3O2/c15-14(16,17)8-1-2-9(19-6-8)7-20-12(21)13(18)5-10-3-4-11(13)22-10/h1-2,6,10-11H,3-5,7,18H2,(H,20,21). The lowest BCUT2D eigenvalue weighted by Crippen LogP contribution is -2.59. The van der Waals surface area contributed by atoms with Crippen molar-refractivity contribution in [3.8, 4) is 0 Å². The van der Waals surface area contributed by atoms with E-state index in [4.69, 9.17) is 10.5 Å². The lowest BCUT2D eigenvalue weighted by Gasteiger charge is -2.29. The molecule has 0 aliphatic carbocycles. The van der Waals surface area contributed by atoms with Crippen LogP contribution in [0.3, 0.4) is 0 Å². The summed E-state index contributed by atoms with van der Waals surface area (Å²) in [6.45, 7) is 0.0350. The fourth-order valence-corrected chi connectivity index (χ4v) is 3.01. The maximum atomic E-state index is 12.4. The second kappa shape index (κ2) is 5.20. The van der Waals surface area contributed by atoms with Crippen LogP contribution in [-0.4, -0.2) is 28.6 Å². The molecule has 2 aliphatic heterocycles. The molecule has 2 bridgehead atoms. The quantitative estimate of drug-likeness (QED) is 0.883. The molecule has 0 saturated carbocycles. The van der Waals surface area contributed by atoms with Gasteiger partial charge in [-0.05, 0) is 25.0 Å². The number of carbonyl (C=O) groups is 1. The number of rotatable bonds is 3. The number of ether oxygens (including phenoxy) is 1. The first-order valence-corrected chi connectivity index (χ1v) is 7.04. The molecule has 1 amide bonds. The van der Waals surface area contributed by atoms with Crippen molar-refractivity contribution in [2.75, 3.05) is 0 Å². The summed E-state index contributed by atoms with van der Waals surface area (Å²) >= 11 is 0. The van der Waals surface area contributed by atoms with E-state index in [9.17, 15) is 18.0 Å². The van der Waals surface area contributed by atoms with Crippen molar-refractivity contribution in [2.45, 2.75) is 49.7 Å². The van der Waals surface area contributed by atoms with Gasteiger partial charge < -0.3 is 15.8 Å². The van der Waals surface area contributed by atoms with Gasteiger partial charge in [0.25, 0.3) is 0 Å². The second-order valence-electron chi connectivity index (χ2n) is 5.79. The highest BCUT2D eigenvalue weighted by Gasteiger charge is 2.54. The first kappa shape index (κ1) is 15.2. The largest absolute Gasteiger partial charge is 0.417 e. The fourth-order valence-electron chi connectivity index (χ4n) is 3.01. The maximum absolute atomic E-state index is 12.4. The molecule has 3 N–H and O–H groups in total. The molecule has 8 heteroatoms. The number of aromatic nitrogens is 1. The number of hydrogen-bond acceptors (Lipinski definition) is 4. The Morgan fingerprint density at radius 3 is 2.73 bits per heavy atom. The summed E-state index contributed by atoms with van der Waals surface area (Å²) in [6, 6.07) is 2.18. The lowest BCUT2D eigenvalue weighted by molar-refractivity contribution is -0.138. The van der Waals surface area contributed by atoms with Crippen molar-refractivity contribution in [3.63, 3.8) is 0 Å². The van der Waals surface area contributed by atoms with Gasteiger partial charge in [0.1, 0.15) is 5.54 Å². The van der Waals surface area contributed by atoms with Gasteiger partial charge in [0.15, 0.2) is 0 Å². The Hall–Kier alpha value is -1.67. The first-order valence-electron chi connectivity index (χ1n) is 7.04. The van der Waals surface area contributed by atoms with E-state index in [0.29, 0.717) is 12.1 Å². The van der Waals surface area contributed by atoms with Crippen LogP contribution in [0.25, 0.3) is 0 Å². The summed E-state index contributed by atoms with van der Waals surface area (Å²) in [5.41, 5.74) is 4.60. The van der Waals surface area contributed by atoms with Gasteiger partial charge in [-0.2, -0.15) is 13.2 Å². The Bertz CT molecular complexity index is 576. The highest BCUT2D eigenvalue weighted by molar-refractivity contribution is 5.87. The van der Waals surface area contributed by atoms with Gasteiger partial charge in [0.05, 0.1) is 30.0 Å². The summed E-state index contributed by atoms with van der Waals surface area (Å²) in [7, 11) is 0. The summed E-state index contributed by atoms with van der Waals surface area (Å²) in [4.78, 5) is 15.9. The van der Waals surface area contributed by atoms with Crippen molar-refractivity contribution in [3.05, 3.63) is 29.6 Å². The number of fused-ring (bicyclic) bond motifs is 2. The molecule has 0 radical (unpaired) electrons. The minimum atomic E-state index is -4.42. The molecule has 0 aromatic carbocycles. The summed E-state index contributed by atoms with van der Waals surface area (Å²) in [6.07, 6.45) is -1.77. The normalized spacial score (nSPS) is 30.5. The molecule has 120 valence electrons. The first-order chi connectivity index (χ1) is 10.3. The molecule has 3 atom stereocenters. The third kappa shape index (κ3) is 2.68. The van der Waals surface area contributed by atoms with Gasteiger partial charge in [-0.25, -0.2) is 0 Å². The molecule has 0 spiro atoms. The smallest absolute Gasteiger partial charge is 0.372 e. The number of alkyl halides is 3. The van der Waals surface area contributed by atoms with Crippen LogP contribution in [0.2, 0.25) is 0 Å². The van der Waals surface area contributed by atoms with Crippen LogP contribution in [0.5, 0.6) is 0 Å². The molecular weight excluding hydrogens is 299 g/mol. The third-order valence-corrected chi connectivity index (χ3v) is 4.25. The summed E-state index contributed by atoms with van der Waals surface area (Å²) in [5, 5.41) is 2.64. The van der Waals surface area contributed by atoms with Crippen LogP contribution in [-0.2, 0) is 22.3 Å². The van der Waals surface area contributed by atoms with Crippen LogP contribution in [0, 0.1) is 0 Å². The minimum Gasteiger partial charge on any atom is -0.372 e. The Balaban J connectivity index is 1.60. The topological polar surface area (TPSA) is 77.2 Å². The summed E-state index contributed by atoms with van der Waals surface area (Å²) < 4.78 is 42.9. The molecule has 2 fully saturated rings. The highest BCUT2D eigenvalue weighted by atomic mass is 19.4. The van der Waals surface area contributed by atoms with Crippen LogP contribution >= 0.6 is 0 Å². The molecule has 22 heavy (non-hydrogen) atoms. The van der Waals surface area contributed by atoms with Crippen molar-refractivity contribution in [1.29, 1.82) is 0 Å². The van der Waals surface area contributed by atoms with Gasteiger partial charge in [0.2, 0.25) is 5.91 Å². The number of nitrogens with zero attached hydrogens (tertiary/aromatic N) is 1. The molecule has 1 aromatic heterocycles. The number of nitrogens with one attached hydrogen (secondary N) is 1. The maximum Gasteiger partial charge on any atom is 0.417 e. The molecule has 3 unspecified atom stereocenters. The average molecular weight is 315 g/mol. The van der Waals surface area contributed by atoms with Crippen LogP contribution < -0.4 is 11.1 Å². The minimum absolute atomic E-state index is 0.0324. The van der Waals surface area contributed by atoms with Crippen molar-refractivity contribution in [2.24, 2.45) is 5.73 Å². The van der Waals surface area contributed by atoms with Gasteiger partial charge in [-0.3, -0.25) is 9.78 Å². The highest BCUT2D eigenvalue weighted by Crippen LogP contribution is 2.40. The van der Waals surface area contributed by atoms with E-state index in [1.54, 1.807) is 0 Å². The predicted octanol–water partition coefficient (Wildman–Crippen LogP) is 1.37. The molecule has 3 heterocycles. The average Bonchev–Trinajstić information content (AvgIpc) is 3.05. The number of pyridine rings is 1. The van der Waals surface area contributed by atoms with Crippen LogP contribution in [0.15, 0.2) is 18.3 Å². The zero-order valence-electron chi connectivity index (χ0n) is 11.7. The zero-order chi connectivity index (χ0) is 16.0. The zero-order valence-corrected chi connectivity index (χ0v) is 11.7. The number of carbonyl (C=O) groups excluding carboxylic acids is 1. The molecule has 5 nitrogen and oxygen atoms in total. The lowest BCUT2D eigenvalue weighted by atomic mass is 9.82. The Kier molecular flexibility index (Phi) is 3.60. The Morgan fingerprint density at radius 2 is 2.23 bits per heavy atom. The Morgan fingerprint density at radius 1 is 1.45 bits per heavy atom. The molecule has 1 aromatic rings. The fraction of sp³-hybridized carbons (Fsp3) is 0.571. The number of hydrogen-bond donors (Lipinski definition) is 2. The Labute approximate surface area is 125 Å². The summed E-state index contributed by atoms with van der Waals surface area (Å²) in [5.74, 6) is -0.346. The van der Waals surface area contributed by atoms with Crippen molar-refractivity contribution >= 4 is 5.91 Å². The second-order valence-corrected chi connectivity index (χ2v) is 5.79. The van der Waals surface area contributed by atoms with Gasteiger partial charge in [-0.1, -0.05) is 0 Å². The van der Waals surface area contributed by atoms with Crippen molar-refractivity contribution < 1.29 is 22.7 Å². The van der Waals surface area contributed by atoms with E-state index in [2.05, 4.69) is 10.3 Å². The van der Waals surface area contributed by atoms with E-state index in [1.165, 1.54) is 6.07 Å². The van der Waals surface area contributed by atoms with Gasteiger partial charge >= 0.3 is 6.18 Å². The van der Waals surface area contributed by atoms with Crippen LogP contribution in [0.1, 0.15) is 30.5 Å². The number of halogens is 3. The molecule has 2 aliphatic rings. The third-order valence-electron chi connectivity index (χ3n) is 4.25. The SMILES string of the molecule is NC1(C(=O)NCc2ccc(C(F)(F)F)cn2)CC2CCC1O2. The van der Waals surface area contributed by atoms with Crippen molar-refractivity contribution in [1.82, 2.24) is 10.3 Å². The van der Waals surface area contributed by atoms with E-state index >= 15 is 0 Å². The monoisotopic (exact) mass is 315 g/mol. The van der Waals surface area contributed by atoms with E-state index in [1.807, 2.05) is 0 Å². The molecule has 2 saturated heterocycles. The van der Waals surface area contributed by atoms with E-state index in [0.717, 1.165) is 25.1 Å². The van der Waals surface area contributed by atoms with Crippen LogP contribution in [0.4, 0.5) is 13.2 Å². The van der Waals surface area contributed by atoms with Gasteiger partial charge in [-0.15, -0.1) is 0 Å². The van der Waals surface area contributed by atoms with E-state index in [-0.39, 0.29) is 24.7 Å². The number of nitrogens with two attached hydrogens (primary N) is 1. The number of amides is 1. The van der Waals surface area contributed by atoms with Gasteiger partial charge in [0, 0.05) is 12.6 Å². The van der Waals surface area contributed by atoms with E-state index < -0.39 is 17.3 Å². The molecule has 3 rings (SSSR count). The predicted molar refractivity (Wildman–Crippen MR) is 70.5 cm³/mol.